The van der Waals surface area contributed by atoms with E-state index in [-0.39, 0.29) is 6.04 Å². The van der Waals surface area contributed by atoms with Gasteiger partial charge >= 0.3 is 0 Å². The maximum atomic E-state index is 6.16. The van der Waals surface area contributed by atoms with E-state index < -0.39 is 0 Å². The summed E-state index contributed by atoms with van der Waals surface area (Å²) < 4.78 is 1.06. The van der Waals surface area contributed by atoms with Gasteiger partial charge in [-0.15, -0.1) is 0 Å². The van der Waals surface area contributed by atoms with Gasteiger partial charge in [-0.3, -0.25) is 0 Å². The molecule has 16 heavy (non-hydrogen) atoms. The Balaban J connectivity index is 2.28. The molecule has 1 atom stereocenters. The van der Waals surface area contributed by atoms with E-state index in [1.807, 2.05) is 48.5 Å². The number of anilines is 1. The second kappa shape index (κ2) is 4.68. The molecule has 82 valence electrons. The zero-order valence-corrected chi connectivity index (χ0v) is 10.3. The highest BCUT2D eigenvalue weighted by Crippen LogP contribution is 2.22. The first-order valence-electron chi connectivity index (χ1n) is 5.03. The molecule has 0 heterocycles. The number of hydrogen-bond donors (Lipinski definition) is 2. The maximum Gasteiger partial charge on any atom is 0.0551 e. The normalized spacial score (nSPS) is 12.4. The van der Waals surface area contributed by atoms with E-state index in [4.69, 9.17) is 11.5 Å². The quantitative estimate of drug-likeness (QED) is 0.829. The van der Waals surface area contributed by atoms with Gasteiger partial charge in [-0.2, -0.15) is 0 Å². The Morgan fingerprint density at radius 1 is 0.812 bits per heavy atom. The fourth-order valence-electron chi connectivity index (χ4n) is 1.57. The molecule has 0 bridgehead atoms. The van der Waals surface area contributed by atoms with Crippen molar-refractivity contribution in [1.29, 1.82) is 0 Å². The molecule has 2 aromatic carbocycles. The van der Waals surface area contributed by atoms with Crippen LogP contribution in [0, 0.1) is 0 Å². The van der Waals surface area contributed by atoms with Gasteiger partial charge in [0.05, 0.1) is 6.04 Å². The van der Waals surface area contributed by atoms with Gasteiger partial charge in [0.1, 0.15) is 0 Å². The average molecular weight is 277 g/mol. The fourth-order valence-corrected chi connectivity index (χ4v) is 1.83. The Labute approximate surface area is 103 Å². The lowest BCUT2D eigenvalue weighted by Crippen LogP contribution is -2.11. The summed E-state index contributed by atoms with van der Waals surface area (Å²) in [4.78, 5) is 0. The first kappa shape index (κ1) is 11.2. The minimum atomic E-state index is -0.103. The molecule has 0 amide bonds. The van der Waals surface area contributed by atoms with Crippen molar-refractivity contribution in [1.82, 2.24) is 0 Å². The van der Waals surface area contributed by atoms with Gasteiger partial charge in [0.2, 0.25) is 0 Å². The van der Waals surface area contributed by atoms with Gasteiger partial charge in [0, 0.05) is 10.2 Å². The van der Waals surface area contributed by atoms with Crippen LogP contribution >= 0.6 is 15.9 Å². The molecule has 0 saturated carbocycles. The van der Waals surface area contributed by atoms with Crippen LogP contribution < -0.4 is 11.5 Å². The SMILES string of the molecule is Nc1ccc(C(N)c2ccc(Br)cc2)cc1. The van der Waals surface area contributed by atoms with E-state index in [0.717, 1.165) is 21.3 Å². The third-order valence-corrected chi connectivity index (χ3v) is 3.05. The second-order valence-corrected chi connectivity index (χ2v) is 4.61. The van der Waals surface area contributed by atoms with Crippen LogP contribution in [0.3, 0.4) is 0 Å². The summed E-state index contributed by atoms with van der Waals surface area (Å²) in [6, 6.07) is 15.6. The number of rotatable bonds is 2. The van der Waals surface area contributed by atoms with Crippen LogP contribution in [0.15, 0.2) is 53.0 Å². The molecule has 4 N–H and O–H groups in total. The molecular formula is C13H13BrN2. The standard InChI is InChI=1S/C13H13BrN2/c14-11-5-1-9(2-6-11)13(16)10-3-7-12(15)8-4-10/h1-8,13H,15-16H2. The van der Waals surface area contributed by atoms with Crippen molar-refractivity contribution in [2.24, 2.45) is 5.73 Å². The van der Waals surface area contributed by atoms with E-state index >= 15 is 0 Å². The summed E-state index contributed by atoms with van der Waals surface area (Å²) in [6.07, 6.45) is 0. The van der Waals surface area contributed by atoms with Crippen LogP contribution in [0.1, 0.15) is 17.2 Å². The van der Waals surface area contributed by atoms with E-state index in [9.17, 15) is 0 Å². The number of nitrogens with two attached hydrogens (primary N) is 2. The third-order valence-electron chi connectivity index (χ3n) is 2.52. The highest BCUT2D eigenvalue weighted by Gasteiger charge is 2.07. The number of nitrogen functional groups attached to an aromatic ring is 1. The Morgan fingerprint density at radius 2 is 1.25 bits per heavy atom. The van der Waals surface area contributed by atoms with Crippen LogP contribution in [0.5, 0.6) is 0 Å². The predicted molar refractivity (Wildman–Crippen MR) is 71.0 cm³/mol. The van der Waals surface area contributed by atoms with Crippen molar-refractivity contribution >= 4 is 21.6 Å². The monoisotopic (exact) mass is 276 g/mol. The van der Waals surface area contributed by atoms with Gasteiger partial charge < -0.3 is 11.5 Å². The molecule has 0 aliphatic carbocycles. The van der Waals surface area contributed by atoms with Crippen molar-refractivity contribution in [3.8, 4) is 0 Å². The van der Waals surface area contributed by atoms with Crippen molar-refractivity contribution < 1.29 is 0 Å². The van der Waals surface area contributed by atoms with Gasteiger partial charge in [0.25, 0.3) is 0 Å². The smallest absolute Gasteiger partial charge is 0.0551 e. The summed E-state index contributed by atoms with van der Waals surface area (Å²) in [5.41, 5.74) is 14.7. The Kier molecular flexibility index (Phi) is 3.27. The molecule has 0 spiro atoms. The molecule has 0 aliphatic heterocycles. The molecule has 0 fully saturated rings. The Morgan fingerprint density at radius 3 is 1.75 bits per heavy atom. The molecular weight excluding hydrogens is 264 g/mol. The largest absolute Gasteiger partial charge is 0.399 e. The number of hydrogen-bond acceptors (Lipinski definition) is 2. The Hall–Kier alpha value is -1.32. The lowest BCUT2D eigenvalue weighted by molar-refractivity contribution is 0.871. The van der Waals surface area contributed by atoms with Crippen molar-refractivity contribution in [2.45, 2.75) is 6.04 Å². The molecule has 3 heteroatoms. The molecule has 0 aromatic heterocycles. The summed E-state index contributed by atoms with van der Waals surface area (Å²) in [5, 5.41) is 0. The van der Waals surface area contributed by atoms with Crippen molar-refractivity contribution in [3.63, 3.8) is 0 Å². The second-order valence-electron chi connectivity index (χ2n) is 3.70. The lowest BCUT2D eigenvalue weighted by atomic mass is 10.00. The average Bonchev–Trinajstić information content (AvgIpc) is 2.30. The Bertz CT molecular complexity index is 417. The highest BCUT2D eigenvalue weighted by molar-refractivity contribution is 9.10. The predicted octanol–water partition coefficient (Wildman–Crippen LogP) is 3.08. The first-order valence-corrected chi connectivity index (χ1v) is 5.82. The molecule has 0 aliphatic rings. The van der Waals surface area contributed by atoms with Crippen LogP contribution in [0.2, 0.25) is 0 Å². The maximum absolute atomic E-state index is 6.16. The van der Waals surface area contributed by atoms with Gasteiger partial charge in [0.15, 0.2) is 0 Å². The molecule has 2 nitrogen and oxygen atoms in total. The summed E-state index contributed by atoms with van der Waals surface area (Å²) >= 11 is 3.40. The lowest BCUT2D eigenvalue weighted by Gasteiger charge is -2.12. The summed E-state index contributed by atoms with van der Waals surface area (Å²) in [6.45, 7) is 0. The zero-order valence-electron chi connectivity index (χ0n) is 8.73. The topological polar surface area (TPSA) is 52.0 Å². The molecule has 1 unspecified atom stereocenters. The van der Waals surface area contributed by atoms with Gasteiger partial charge in [-0.1, -0.05) is 40.2 Å². The zero-order chi connectivity index (χ0) is 11.5. The molecule has 0 saturated heterocycles. The molecule has 0 radical (unpaired) electrons. The van der Waals surface area contributed by atoms with Crippen LogP contribution in [0.25, 0.3) is 0 Å². The number of benzene rings is 2. The minimum absolute atomic E-state index is 0.103. The van der Waals surface area contributed by atoms with Gasteiger partial charge in [-0.05, 0) is 35.4 Å². The minimum Gasteiger partial charge on any atom is -0.399 e. The highest BCUT2D eigenvalue weighted by atomic mass is 79.9. The fraction of sp³-hybridized carbons (Fsp3) is 0.0769. The van der Waals surface area contributed by atoms with Crippen LogP contribution in [-0.2, 0) is 0 Å². The number of halogens is 1. The van der Waals surface area contributed by atoms with E-state index in [0.29, 0.717) is 0 Å². The molecule has 2 aromatic rings. The molecule has 2 rings (SSSR count). The van der Waals surface area contributed by atoms with Crippen LogP contribution in [0.4, 0.5) is 5.69 Å². The van der Waals surface area contributed by atoms with Crippen molar-refractivity contribution in [2.75, 3.05) is 5.73 Å². The summed E-state index contributed by atoms with van der Waals surface area (Å²) in [7, 11) is 0. The van der Waals surface area contributed by atoms with E-state index in [2.05, 4.69) is 15.9 Å². The first-order chi connectivity index (χ1) is 7.66. The van der Waals surface area contributed by atoms with Gasteiger partial charge in [-0.25, -0.2) is 0 Å². The summed E-state index contributed by atoms with van der Waals surface area (Å²) in [5.74, 6) is 0. The third kappa shape index (κ3) is 2.43. The van der Waals surface area contributed by atoms with E-state index in [1.54, 1.807) is 0 Å². The van der Waals surface area contributed by atoms with E-state index in [1.165, 1.54) is 0 Å². The van der Waals surface area contributed by atoms with Crippen LogP contribution in [-0.4, -0.2) is 0 Å². The van der Waals surface area contributed by atoms with Crippen molar-refractivity contribution in [3.05, 3.63) is 64.1 Å².